The van der Waals surface area contributed by atoms with Gasteiger partial charge < -0.3 is 15.8 Å². The van der Waals surface area contributed by atoms with Crippen LogP contribution in [0.25, 0.3) is 6.08 Å². The van der Waals surface area contributed by atoms with Crippen LogP contribution >= 0.6 is 0 Å². The molecule has 2 aromatic rings. The number of nitrogens with two attached hydrogens (primary N) is 1. The van der Waals surface area contributed by atoms with Gasteiger partial charge in [0.15, 0.2) is 0 Å². The molecule has 2 rings (SSSR count). The molecule has 0 unspecified atom stereocenters. The standard InChI is InChI=1S/C18H15N3O3/c1-24-16-7-5-13(6-8-16)18(23)21-15-4-2-3-12(10-15)9-14(11-19)17(20)22/h2-10H,1H3,(H2,20,22)(H,21,23)/b14-9+. The second-order valence-corrected chi connectivity index (χ2v) is 4.84. The molecular formula is C18H15N3O3. The van der Waals surface area contributed by atoms with Gasteiger partial charge in [0, 0.05) is 11.3 Å². The highest BCUT2D eigenvalue weighted by Crippen LogP contribution is 2.16. The van der Waals surface area contributed by atoms with Crippen LogP contribution in [0.15, 0.2) is 54.1 Å². The van der Waals surface area contributed by atoms with Gasteiger partial charge in [-0.15, -0.1) is 0 Å². The summed E-state index contributed by atoms with van der Waals surface area (Å²) in [6.45, 7) is 0. The van der Waals surface area contributed by atoms with Crippen molar-refractivity contribution in [2.24, 2.45) is 5.73 Å². The first-order chi connectivity index (χ1) is 11.5. The summed E-state index contributed by atoms with van der Waals surface area (Å²) in [5.41, 5.74) is 6.54. The second kappa shape index (κ2) is 7.61. The van der Waals surface area contributed by atoms with Crippen molar-refractivity contribution >= 4 is 23.6 Å². The number of primary amides is 1. The smallest absolute Gasteiger partial charge is 0.259 e. The Morgan fingerprint density at radius 3 is 2.50 bits per heavy atom. The summed E-state index contributed by atoms with van der Waals surface area (Å²) in [5.74, 6) is -0.423. The normalized spacial score (nSPS) is 10.6. The zero-order valence-corrected chi connectivity index (χ0v) is 12.9. The molecule has 0 aliphatic heterocycles. The molecule has 0 radical (unpaired) electrons. The molecule has 0 fully saturated rings. The fourth-order valence-electron chi connectivity index (χ4n) is 1.98. The maximum Gasteiger partial charge on any atom is 0.259 e. The Kier molecular flexibility index (Phi) is 5.32. The highest BCUT2D eigenvalue weighted by Gasteiger charge is 2.07. The van der Waals surface area contributed by atoms with Crippen molar-refractivity contribution in [3.05, 3.63) is 65.2 Å². The molecule has 2 aromatic carbocycles. The summed E-state index contributed by atoms with van der Waals surface area (Å²) in [4.78, 5) is 23.3. The monoisotopic (exact) mass is 321 g/mol. The van der Waals surface area contributed by atoms with Gasteiger partial charge in [-0.3, -0.25) is 9.59 Å². The number of amides is 2. The predicted octanol–water partition coefficient (Wildman–Crippen LogP) is 2.34. The molecule has 6 heteroatoms. The summed E-state index contributed by atoms with van der Waals surface area (Å²) >= 11 is 0. The SMILES string of the molecule is COc1ccc(C(=O)Nc2cccc(/C=C(\C#N)C(N)=O)c2)cc1. The topological polar surface area (TPSA) is 105 Å². The Balaban J connectivity index is 2.18. The average molecular weight is 321 g/mol. The van der Waals surface area contributed by atoms with E-state index in [2.05, 4.69) is 5.32 Å². The summed E-state index contributed by atoms with van der Waals surface area (Å²) in [7, 11) is 1.55. The summed E-state index contributed by atoms with van der Waals surface area (Å²) in [6.07, 6.45) is 1.37. The largest absolute Gasteiger partial charge is 0.497 e. The van der Waals surface area contributed by atoms with Crippen LogP contribution in [0.1, 0.15) is 15.9 Å². The lowest BCUT2D eigenvalue weighted by atomic mass is 10.1. The number of benzene rings is 2. The number of carbonyl (C=O) groups is 2. The molecule has 6 nitrogen and oxygen atoms in total. The minimum Gasteiger partial charge on any atom is -0.497 e. The molecule has 2 amide bonds. The van der Waals surface area contributed by atoms with Gasteiger partial charge >= 0.3 is 0 Å². The average Bonchev–Trinajstić information content (AvgIpc) is 2.59. The maximum atomic E-state index is 12.2. The molecule has 0 heterocycles. The number of rotatable bonds is 5. The second-order valence-electron chi connectivity index (χ2n) is 4.84. The van der Waals surface area contributed by atoms with E-state index in [1.165, 1.54) is 6.08 Å². The van der Waals surface area contributed by atoms with Crippen molar-refractivity contribution in [1.82, 2.24) is 0 Å². The van der Waals surface area contributed by atoms with Crippen molar-refractivity contribution in [1.29, 1.82) is 5.26 Å². The van der Waals surface area contributed by atoms with E-state index >= 15 is 0 Å². The lowest BCUT2D eigenvalue weighted by Crippen LogP contribution is -2.13. The van der Waals surface area contributed by atoms with Gasteiger partial charge in [0.05, 0.1) is 7.11 Å². The zero-order chi connectivity index (χ0) is 17.5. The first kappa shape index (κ1) is 16.8. The van der Waals surface area contributed by atoms with Gasteiger partial charge in [-0.25, -0.2) is 0 Å². The number of nitrogens with one attached hydrogen (secondary N) is 1. The third-order valence-corrected chi connectivity index (χ3v) is 3.19. The van der Waals surface area contributed by atoms with E-state index < -0.39 is 5.91 Å². The van der Waals surface area contributed by atoms with Crippen LogP contribution in [0.3, 0.4) is 0 Å². The van der Waals surface area contributed by atoms with Crippen molar-refractivity contribution in [2.45, 2.75) is 0 Å². The number of methoxy groups -OCH3 is 1. The highest BCUT2D eigenvalue weighted by atomic mass is 16.5. The Morgan fingerprint density at radius 2 is 1.92 bits per heavy atom. The lowest BCUT2D eigenvalue weighted by Gasteiger charge is -2.07. The van der Waals surface area contributed by atoms with Crippen LogP contribution in [0.4, 0.5) is 5.69 Å². The number of hydrogen-bond donors (Lipinski definition) is 2. The molecule has 0 aromatic heterocycles. The van der Waals surface area contributed by atoms with E-state index in [1.807, 2.05) is 0 Å². The Morgan fingerprint density at radius 1 is 1.21 bits per heavy atom. The number of ether oxygens (including phenoxy) is 1. The fraction of sp³-hybridized carbons (Fsp3) is 0.0556. The van der Waals surface area contributed by atoms with E-state index in [0.29, 0.717) is 22.6 Å². The highest BCUT2D eigenvalue weighted by molar-refractivity contribution is 6.04. The minimum absolute atomic E-state index is 0.159. The quantitative estimate of drug-likeness (QED) is 0.651. The molecule has 3 N–H and O–H groups in total. The number of anilines is 1. The first-order valence-corrected chi connectivity index (χ1v) is 7.00. The van der Waals surface area contributed by atoms with Crippen LogP contribution in [-0.4, -0.2) is 18.9 Å². The fourth-order valence-corrected chi connectivity index (χ4v) is 1.98. The third kappa shape index (κ3) is 4.21. The van der Waals surface area contributed by atoms with Gasteiger partial charge in [0.2, 0.25) is 0 Å². The molecular weight excluding hydrogens is 306 g/mol. The maximum absolute atomic E-state index is 12.2. The molecule has 0 spiro atoms. The Labute approximate surface area is 139 Å². The van der Waals surface area contributed by atoms with Gasteiger partial charge in [0.25, 0.3) is 11.8 Å². The lowest BCUT2D eigenvalue weighted by molar-refractivity contribution is -0.114. The summed E-state index contributed by atoms with van der Waals surface area (Å²) in [6, 6.07) is 15.2. The number of carbonyl (C=O) groups excluding carboxylic acids is 2. The summed E-state index contributed by atoms with van der Waals surface area (Å²) in [5, 5.41) is 11.6. The van der Waals surface area contributed by atoms with Crippen LogP contribution in [0.2, 0.25) is 0 Å². The summed E-state index contributed by atoms with van der Waals surface area (Å²) < 4.78 is 5.05. The molecule has 24 heavy (non-hydrogen) atoms. The van der Waals surface area contributed by atoms with Crippen LogP contribution in [0.5, 0.6) is 5.75 Å². The minimum atomic E-state index is -0.801. The molecule has 0 saturated heterocycles. The van der Waals surface area contributed by atoms with E-state index in [1.54, 1.807) is 61.7 Å². The molecule has 120 valence electrons. The number of hydrogen-bond acceptors (Lipinski definition) is 4. The molecule has 0 atom stereocenters. The Bertz CT molecular complexity index is 833. The first-order valence-electron chi connectivity index (χ1n) is 7.00. The zero-order valence-electron chi connectivity index (χ0n) is 12.9. The van der Waals surface area contributed by atoms with E-state index in [-0.39, 0.29) is 11.5 Å². The van der Waals surface area contributed by atoms with E-state index in [4.69, 9.17) is 15.7 Å². The molecule has 0 aliphatic rings. The Hall–Kier alpha value is -3.59. The predicted molar refractivity (Wildman–Crippen MR) is 90.2 cm³/mol. The van der Waals surface area contributed by atoms with E-state index in [0.717, 1.165) is 0 Å². The third-order valence-electron chi connectivity index (χ3n) is 3.19. The van der Waals surface area contributed by atoms with Gasteiger partial charge in [0.1, 0.15) is 17.4 Å². The van der Waals surface area contributed by atoms with Crippen LogP contribution < -0.4 is 15.8 Å². The van der Waals surface area contributed by atoms with Crippen molar-refractivity contribution in [3.63, 3.8) is 0 Å². The number of nitrogens with zero attached hydrogens (tertiary/aromatic N) is 1. The van der Waals surface area contributed by atoms with E-state index in [9.17, 15) is 9.59 Å². The van der Waals surface area contributed by atoms with Crippen molar-refractivity contribution in [2.75, 3.05) is 12.4 Å². The molecule has 0 bridgehead atoms. The van der Waals surface area contributed by atoms with Crippen molar-refractivity contribution in [3.8, 4) is 11.8 Å². The van der Waals surface area contributed by atoms with Crippen molar-refractivity contribution < 1.29 is 14.3 Å². The van der Waals surface area contributed by atoms with Gasteiger partial charge in [-0.05, 0) is 48.0 Å². The van der Waals surface area contributed by atoms with Crippen LogP contribution in [0, 0.1) is 11.3 Å². The molecule has 0 aliphatic carbocycles. The molecule has 0 saturated carbocycles. The van der Waals surface area contributed by atoms with Gasteiger partial charge in [-0.1, -0.05) is 12.1 Å². The van der Waals surface area contributed by atoms with Gasteiger partial charge in [-0.2, -0.15) is 5.26 Å². The number of nitriles is 1. The van der Waals surface area contributed by atoms with Crippen LogP contribution in [-0.2, 0) is 4.79 Å².